The van der Waals surface area contributed by atoms with Crippen LogP contribution in [0, 0.1) is 27.7 Å². The van der Waals surface area contributed by atoms with E-state index in [-0.39, 0.29) is 24.2 Å². The van der Waals surface area contributed by atoms with Gasteiger partial charge in [0.1, 0.15) is 6.17 Å². The SMILES string of the molecule is Cc1ccc(NC(=O)CSC2=NNC3C4CC(c5cc(C)ccc5C)NN4C=CN23)c(C)c1. The summed E-state index contributed by atoms with van der Waals surface area (Å²) < 4.78 is 0. The van der Waals surface area contributed by atoms with Crippen molar-refractivity contribution in [3.63, 3.8) is 0 Å². The number of amidine groups is 1. The number of hydrogen-bond donors (Lipinski definition) is 3. The molecular weight excluding hydrogens is 432 g/mol. The molecule has 8 heteroatoms. The predicted molar refractivity (Wildman–Crippen MR) is 134 cm³/mol. The average molecular weight is 463 g/mol. The van der Waals surface area contributed by atoms with Crippen LogP contribution in [0.1, 0.15) is 40.3 Å². The molecule has 3 heterocycles. The Kier molecular flexibility index (Phi) is 5.80. The molecule has 3 aliphatic rings. The molecule has 1 saturated heterocycles. The maximum Gasteiger partial charge on any atom is 0.234 e. The first-order chi connectivity index (χ1) is 15.9. The lowest BCUT2D eigenvalue weighted by atomic mass is 9.95. The molecule has 2 aromatic carbocycles. The summed E-state index contributed by atoms with van der Waals surface area (Å²) in [6.45, 7) is 8.37. The van der Waals surface area contributed by atoms with E-state index in [1.807, 2.05) is 32.2 Å². The van der Waals surface area contributed by atoms with Crippen LogP contribution in [0.2, 0.25) is 0 Å². The molecule has 0 bridgehead atoms. The minimum absolute atomic E-state index is 0.0294. The first kappa shape index (κ1) is 21.9. The number of hydrogen-bond acceptors (Lipinski definition) is 7. The second kappa shape index (κ2) is 8.76. The minimum Gasteiger partial charge on any atom is -0.325 e. The highest BCUT2D eigenvalue weighted by Gasteiger charge is 2.44. The van der Waals surface area contributed by atoms with Gasteiger partial charge < -0.3 is 15.2 Å². The van der Waals surface area contributed by atoms with Crippen molar-refractivity contribution in [2.45, 2.75) is 52.4 Å². The van der Waals surface area contributed by atoms with Crippen molar-refractivity contribution >= 4 is 28.5 Å². The molecular formula is C25H30N6OS. The van der Waals surface area contributed by atoms with E-state index in [1.165, 1.54) is 34.0 Å². The van der Waals surface area contributed by atoms with E-state index in [4.69, 9.17) is 0 Å². The van der Waals surface area contributed by atoms with Crippen LogP contribution in [-0.4, -0.2) is 38.9 Å². The minimum atomic E-state index is -0.0294. The maximum atomic E-state index is 12.5. The van der Waals surface area contributed by atoms with Gasteiger partial charge in [0, 0.05) is 18.1 Å². The van der Waals surface area contributed by atoms with Gasteiger partial charge in [-0.3, -0.25) is 10.2 Å². The van der Waals surface area contributed by atoms with Gasteiger partial charge in [-0.1, -0.05) is 53.2 Å². The Morgan fingerprint density at radius 3 is 2.70 bits per heavy atom. The Morgan fingerprint density at radius 2 is 1.88 bits per heavy atom. The molecule has 7 nitrogen and oxygen atoms in total. The summed E-state index contributed by atoms with van der Waals surface area (Å²) in [5.41, 5.74) is 14.0. The molecule has 3 atom stereocenters. The van der Waals surface area contributed by atoms with Crippen molar-refractivity contribution in [3.8, 4) is 0 Å². The Labute approximate surface area is 199 Å². The Morgan fingerprint density at radius 1 is 1.09 bits per heavy atom. The van der Waals surface area contributed by atoms with E-state index in [9.17, 15) is 4.79 Å². The van der Waals surface area contributed by atoms with Crippen LogP contribution in [0.4, 0.5) is 5.69 Å². The van der Waals surface area contributed by atoms with Crippen molar-refractivity contribution in [2.75, 3.05) is 11.1 Å². The molecule has 5 rings (SSSR count). The molecule has 3 N–H and O–H groups in total. The smallest absolute Gasteiger partial charge is 0.234 e. The highest BCUT2D eigenvalue weighted by Crippen LogP contribution is 2.36. The zero-order chi connectivity index (χ0) is 23.1. The number of carbonyl (C=O) groups is 1. The lowest BCUT2D eigenvalue weighted by Crippen LogP contribution is -2.54. The van der Waals surface area contributed by atoms with E-state index in [1.54, 1.807) is 0 Å². The Bertz CT molecular complexity index is 1150. The number of hydrazone groups is 1. The molecule has 0 saturated carbocycles. The lowest BCUT2D eigenvalue weighted by molar-refractivity contribution is -0.113. The van der Waals surface area contributed by atoms with Gasteiger partial charge in [0.25, 0.3) is 0 Å². The van der Waals surface area contributed by atoms with Gasteiger partial charge in [-0.05, 0) is 56.9 Å². The van der Waals surface area contributed by atoms with Crippen molar-refractivity contribution in [1.82, 2.24) is 20.8 Å². The molecule has 172 valence electrons. The fourth-order valence-corrected chi connectivity index (χ4v) is 5.53. The maximum absolute atomic E-state index is 12.5. The second-order valence-electron chi connectivity index (χ2n) is 9.08. The van der Waals surface area contributed by atoms with Gasteiger partial charge in [-0.15, -0.1) is 0 Å². The summed E-state index contributed by atoms with van der Waals surface area (Å²) in [5, 5.41) is 10.6. The average Bonchev–Trinajstić information content (AvgIpc) is 3.39. The van der Waals surface area contributed by atoms with Crippen molar-refractivity contribution in [3.05, 3.63) is 76.6 Å². The first-order valence-electron chi connectivity index (χ1n) is 11.3. The zero-order valence-corrected chi connectivity index (χ0v) is 20.2. The third-order valence-electron chi connectivity index (χ3n) is 6.50. The van der Waals surface area contributed by atoms with Crippen LogP contribution in [0.15, 0.2) is 53.9 Å². The first-order valence-corrected chi connectivity index (χ1v) is 12.3. The van der Waals surface area contributed by atoms with Crippen molar-refractivity contribution in [2.24, 2.45) is 5.10 Å². The molecule has 3 aliphatic heterocycles. The molecule has 1 fully saturated rings. The Hall–Kier alpha value is -2.97. The Balaban J connectivity index is 1.20. The van der Waals surface area contributed by atoms with Crippen LogP contribution in [0.3, 0.4) is 0 Å². The quantitative estimate of drug-likeness (QED) is 0.640. The van der Waals surface area contributed by atoms with E-state index >= 15 is 0 Å². The zero-order valence-electron chi connectivity index (χ0n) is 19.4. The standard InChI is InChI=1S/C25H30N6OS/c1-15-6-8-20(18(4)11-15)26-23(32)14-33-25-28-27-24-22-13-21(29-31(22)10-9-30(24)25)19-12-16(2)5-7-17(19)3/h5-12,21-22,24,27,29H,13-14H2,1-4H3,(H,26,32). The number of aryl methyl sites for hydroxylation is 4. The predicted octanol–water partition coefficient (Wildman–Crippen LogP) is 3.90. The molecule has 1 amide bonds. The van der Waals surface area contributed by atoms with Crippen LogP contribution < -0.4 is 16.2 Å². The fourth-order valence-electron chi connectivity index (χ4n) is 4.76. The van der Waals surface area contributed by atoms with Gasteiger partial charge in [0.15, 0.2) is 5.17 Å². The van der Waals surface area contributed by atoms with Gasteiger partial charge in [0.05, 0.1) is 17.8 Å². The van der Waals surface area contributed by atoms with Crippen LogP contribution in [0.25, 0.3) is 0 Å². The third-order valence-corrected chi connectivity index (χ3v) is 7.47. The number of nitrogens with one attached hydrogen (secondary N) is 3. The van der Waals surface area contributed by atoms with E-state index in [0.717, 1.165) is 22.8 Å². The molecule has 2 aromatic rings. The summed E-state index contributed by atoms with van der Waals surface area (Å²) >= 11 is 1.45. The number of carbonyl (C=O) groups excluding carboxylic acids is 1. The number of amides is 1. The number of anilines is 1. The fraction of sp³-hybridized carbons (Fsp3) is 0.360. The van der Waals surface area contributed by atoms with Crippen LogP contribution in [0.5, 0.6) is 0 Å². The number of fused-ring (bicyclic) bond motifs is 3. The monoisotopic (exact) mass is 462 g/mol. The number of nitrogens with zero attached hydrogens (tertiary/aromatic N) is 3. The normalized spacial score (nSPS) is 23.2. The number of hydrazine groups is 1. The highest BCUT2D eigenvalue weighted by molar-refractivity contribution is 8.14. The van der Waals surface area contributed by atoms with Gasteiger partial charge in [0.2, 0.25) is 5.91 Å². The van der Waals surface area contributed by atoms with Gasteiger partial charge in [-0.2, -0.15) is 5.10 Å². The van der Waals surface area contributed by atoms with Gasteiger partial charge >= 0.3 is 0 Å². The second-order valence-corrected chi connectivity index (χ2v) is 10.0. The van der Waals surface area contributed by atoms with Crippen molar-refractivity contribution < 1.29 is 4.79 Å². The largest absolute Gasteiger partial charge is 0.325 e. The molecule has 0 radical (unpaired) electrons. The summed E-state index contributed by atoms with van der Waals surface area (Å²) in [5.74, 6) is 0.279. The summed E-state index contributed by atoms with van der Waals surface area (Å²) in [6, 6.07) is 13.2. The molecule has 3 unspecified atom stereocenters. The highest BCUT2D eigenvalue weighted by atomic mass is 32.2. The molecule has 0 aromatic heterocycles. The van der Waals surface area contributed by atoms with E-state index < -0.39 is 0 Å². The molecule has 0 aliphatic carbocycles. The molecule has 33 heavy (non-hydrogen) atoms. The number of benzene rings is 2. The topological polar surface area (TPSA) is 72.0 Å². The van der Waals surface area contributed by atoms with Crippen LogP contribution >= 0.6 is 11.8 Å². The lowest BCUT2D eigenvalue weighted by Gasteiger charge is -2.36. The van der Waals surface area contributed by atoms with E-state index in [0.29, 0.717) is 5.75 Å². The third kappa shape index (κ3) is 4.32. The molecule has 0 spiro atoms. The van der Waals surface area contributed by atoms with E-state index in [2.05, 4.69) is 75.5 Å². The summed E-state index contributed by atoms with van der Waals surface area (Å²) in [6.07, 6.45) is 5.13. The summed E-state index contributed by atoms with van der Waals surface area (Å²) in [4.78, 5) is 14.7. The van der Waals surface area contributed by atoms with Crippen molar-refractivity contribution in [1.29, 1.82) is 0 Å². The van der Waals surface area contributed by atoms with Gasteiger partial charge in [-0.25, -0.2) is 5.43 Å². The van der Waals surface area contributed by atoms with Crippen LogP contribution in [-0.2, 0) is 4.79 Å². The number of rotatable bonds is 4. The number of thioether (sulfide) groups is 1. The summed E-state index contributed by atoms with van der Waals surface area (Å²) in [7, 11) is 0.